The molecule has 0 aliphatic heterocycles. The summed E-state index contributed by atoms with van der Waals surface area (Å²) in [6, 6.07) is -0.286. The molecule has 0 saturated heterocycles. The second-order valence-electron chi connectivity index (χ2n) is 3.75. The molecule has 14 heavy (non-hydrogen) atoms. The van der Waals surface area contributed by atoms with Crippen molar-refractivity contribution in [3.05, 3.63) is 11.8 Å². The molecule has 4 heteroatoms. The zero-order valence-electron chi connectivity index (χ0n) is 9.29. The smallest absolute Gasteiger partial charge is 0.318 e. The van der Waals surface area contributed by atoms with Gasteiger partial charge in [0, 0.05) is 12.7 Å². The molecular weight excluding hydrogens is 180 g/mol. The summed E-state index contributed by atoms with van der Waals surface area (Å²) >= 11 is 0. The lowest BCUT2D eigenvalue weighted by molar-refractivity contribution is 0.188. The largest absolute Gasteiger partial charge is 0.392 e. The molecular formula is C10H20N2O2. The quantitative estimate of drug-likeness (QED) is 0.639. The fourth-order valence-corrected chi connectivity index (χ4v) is 0.637. The van der Waals surface area contributed by atoms with Gasteiger partial charge in [0.2, 0.25) is 0 Å². The lowest BCUT2D eigenvalue weighted by Gasteiger charge is -2.08. The molecule has 0 heterocycles. The van der Waals surface area contributed by atoms with Gasteiger partial charge in [0.25, 0.3) is 0 Å². The number of nitrogens with one attached hydrogen (secondary N) is 2. The van der Waals surface area contributed by atoms with Gasteiger partial charge >= 0.3 is 6.03 Å². The van der Waals surface area contributed by atoms with Crippen molar-refractivity contribution in [1.82, 2.24) is 10.6 Å². The van der Waals surface area contributed by atoms with Crippen molar-refractivity contribution in [2.45, 2.75) is 33.8 Å². The highest BCUT2D eigenvalue weighted by atomic mass is 16.3. The Morgan fingerprint density at radius 1 is 1.43 bits per heavy atom. The highest BCUT2D eigenvalue weighted by molar-refractivity contribution is 5.74. The zero-order chi connectivity index (χ0) is 11.1. The number of allylic oxidation sites excluding steroid dienone is 1. The van der Waals surface area contributed by atoms with Crippen LogP contribution in [-0.2, 0) is 0 Å². The van der Waals surface area contributed by atoms with E-state index in [1.807, 2.05) is 6.92 Å². The number of urea groups is 1. The number of amides is 2. The van der Waals surface area contributed by atoms with Crippen LogP contribution < -0.4 is 10.6 Å². The van der Waals surface area contributed by atoms with Crippen LogP contribution in [0.1, 0.15) is 27.7 Å². The van der Waals surface area contributed by atoms with E-state index in [0.717, 1.165) is 5.57 Å². The van der Waals surface area contributed by atoms with Gasteiger partial charge in [-0.2, -0.15) is 0 Å². The Morgan fingerprint density at radius 2 is 2.00 bits per heavy atom. The molecule has 0 radical (unpaired) electrons. The van der Waals surface area contributed by atoms with Crippen molar-refractivity contribution < 1.29 is 9.90 Å². The molecule has 0 aliphatic rings. The summed E-state index contributed by atoms with van der Waals surface area (Å²) in [7, 11) is 0. The van der Waals surface area contributed by atoms with Gasteiger partial charge in [-0.1, -0.05) is 19.4 Å². The van der Waals surface area contributed by atoms with Gasteiger partial charge in [0.05, 0.1) is 6.10 Å². The van der Waals surface area contributed by atoms with Crippen molar-refractivity contribution >= 4 is 6.03 Å². The minimum absolute atomic E-state index is 0.264. The number of hydrogen-bond acceptors (Lipinski definition) is 2. The van der Waals surface area contributed by atoms with Crippen molar-refractivity contribution in [2.75, 3.05) is 6.54 Å². The first-order chi connectivity index (χ1) is 6.43. The summed E-state index contributed by atoms with van der Waals surface area (Å²) in [6.45, 7) is 7.96. The van der Waals surface area contributed by atoms with E-state index >= 15 is 0 Å². The predicted octanol–water partition coefficient (Wildman–Crippen LogP) is 1.23. The van der Waals surface area contributed by atoms with Crippen LogP contribution in [0.5, 0.6) is 0 Å². The summed E-state index contributed by atoms with van der Waals surface area (Å²) in [5.74, 6) is 0.423. The molecule has 0 aromatic carbocycles. The average Bonchev–Trinajstić information content (AvgIpc) is 2.10. The Bertz CT molecular complexity index is 210. The van der Waals surface area contributed by atoms with Crippen LogP contribution in [0.2, 0.25) is 0 Å². The molecule has 0 saturated carbocycles. The summed E-state index contributed by atoms with van der Waals surface area (Å²) in [5, 5.41) is 14.0. The molecule has 0 rings (SSSR count). The van der Waals surface area contributed by atoms with Crippen LogP contribution in [0.15, 0.2) is 11.8 Å². The topological polar surface area (TPSA) is 61.4 Å². The fourth-order valence-electron chi connectivity index (χ4n) is 0.637. The third-order valence-corrected chi connectivity index (χ3v) is 1.90. The minimum atomic E-state index is -0.518. The summed E-state index contributed by atoms with van der Waals surface area (Å²) in [4.78, 5) is 11.1. The van der Waals surface area contributed by atoms with Crippen LogP contribution in [0.25, 0.3) is 0 Å². The standard InChI is InChI=1S/C10H20N2O2/c1-7(2)8(3)5-11-10(14)12-6-9(4)13/h5,7,9,13H,6H2,1-4H3,(H2,11,12,14)/b8-5+. The number of aliphatic hydroxyl groups is 1. The van der Waals surface area contributed by atoms with E-state index < -0.39 is 6.10 Å². The number of carbonyl (C=O) groups is 1. The van der Waals surface area contributed by atoms with Crippen LogP contribution in [0.3, 0.4) is 0 Å². The molecule has 0 fully saturated rings. The highest BCUT2D eigenvalue weighted by Gasteiger charge is 2.01. The maximum absolute atomic E-state index is 11.1. The van der Waals surface area contributed by atoms with E-state index in [0.29, 0.717) is 5.92 Å². The molecule has 2 amide bonds. The van der Waals surface area contributed by atoms with E-state index in [1.165, 1.54) is 0 Å². The first-order valence-electron chi connectivity index (χ1n) is 4.82. The van der Waals surface area contributed by atoms with Crippen molar-refractivity contribution in [3.8, 4) is 0 Å². The second kappa shape index (κ2) is 6.43. The molecule has 0 bridgehead atoms. The van der Waals surface area contributed by atoms with Gasteiger partial charge in [-0.3, -0.25) is 0 Å². The van der Waals surface area contributed by atoms with Crippen LogP contribution in [0, 0.1) is 5.92 Å². The van der Waals surface area contributed by atoms with Gasteiger partial charge in [-0.05, 0) is 19.8 Å². The molecule has 0 aromatic rings. The molecule has 4 nitrogen and oxygen atoms in total. The second-order valence-corrected chi connectivity index (χ2v) is 3.75. The summed E-state index contributed by atoms with van der Waals surface area (Å²) in [5.41, 5.74) is 1.11. The minimum Gasteiger partial charge on any atom is -0.392 e. The monoisotopic (exact) mass is 200 g/mol. The van der Waals surface area contributed by atoms with Crippen LogP contribution in [-0.4, -0.2) is 23.8 Å². The maximum atomic E-state index is 11.1. The van der Waals surface area contributed by atoms with Crippen molar-refractivity contribution in [1.29, 1.82) is 0 Å². The third kappa shape index (κ3) is 6.48. The van der Waals surface area contributed by atoms with Gasteiger partial charge < -0.3 is 15.7 Å². The predicted molar refractivity (Wildman–Crippen MR) is 56.8 cm³/mol. The Hall–Kier alpha value is -1.03. The Labute approximate surface area is 85.4 Å². The highest BCUT2D eigenvalue weighted by Crippen LogP contribution is 2.05. The average molecular weight is 200 g/mol. The SMILES string of the molecule is C/C(=C\NC(=O)NCC(C)O)C(C)C. The van der Waals surface area contributed by atoms with Gasteiger partial charge in [0.15, 0.2) is 0 Å². The van der Waals surface area contributed by atoms with E-state index in [9.17, 15) is 4.79 Å². The Morgan fingerprint density at radius 3 is 2.43 bits per heavy atom. The summed E-state index contributed by atoms with van der Waals surface area (Å²) in [6.07, 6.45) is 1.16. The molecule has 1 unspecified atom stereocenters. The first kappa shape index (κ1) is 13.0. The van der Waals surface area contributed by atoms with E-state index in [2.05, 4.69) is 24.5 Å². The maximum Gasteiger partial charge on any atom is 0.318 e. The van der Waals surface area contributed by atoms with E-state index in [4.69, 9.17) is 5.11 Å². The Balaban J connectivity index is 3.79. The molecule has 0 spiro atoms. The van der Waals surface area contributed by atoms with E-state index in [1.54, 1.807) is 13.1 Å². The van der Waals surface area contributed by atoms with Gasteiger partial charge in [-0.25, -0.2) is 4.79 Å². The third-order valence-electron chi connectivity index (χ3n) is 1.90. The Kier molecular flexibility index (Phi) is 5.95. The number of rotatable bonds is 4. The fraction of sp³-hybridized carbons (Fsp3) is 0.700. The lowest BCUT2D eigenvalue weighted by Crippen LogP contribution is -2.36. The van der Waals surface area contributed by atoms with Crippen molar-refractivity contribution in [3.63, 3.8) is 0 Å². The van der Waals surface area contributed by atoms with Crippen LogP contribution >= 0.6 is 0 Å². The van der Waals surface area contributed by atoms with Crippen LogP contribution in [0.4, 0.5) is 4.79 Å². The number of aliphatic hydroxyl groups excluding tert-OH is 1. The van der Waals surface area contributed by atoms with Crippen molar-refractivity contribution in [2.24, 2.45) is 5.92 Å². The van der Waals surface area contributed by atoms with Gasteiger partial charge in [0.1, 0.15) is 0 Å². The van der Waals surface area contributed by atoms with Gasteiger partial charge in [-0.15, -0.1) is 0 Å². The van der Waals surface area contributed by atoms with E-state index in [-0.39, 0.29) is 12.6 Å². The lowest BCUT2D eigenvalue weighted by atomic mass is 10.1. The molecule has 0 aliphatic carbocycles. The first-order valence-corrected chi connectivity index (χ1v) is 4.82. The molecule has 1 atom stereocenters. The summed E-state index contributed by atoms with van der Waals surface area (Å²) < 4.78 is 0. The molecule has 82 valence electrons. The normalized spacial score (nSPS) is 14.0. The number of carbonyl (C=O) groups excluding carboxylic acids is 1. The zero-order valence-corrected chi connectivity index (χ0v) is 9.29. The molecule has 3 N–H and O–H groups in total. The molecule has 0 aromatic heterocycles. The number of hydrogen-bond donors (Lipinski definition) is 3.